The predicted molar refractivity (Wildman–Crippen MR) is 61.2 cm³/mol. The van der Waals surface area contributed by atoms with Crippen molar-refractivity contribution in [3.05, 3.63) is 0 Å². The third-order valence-corrected chi connectivity index (χ3v) is 3.42. The van der Waals surface area contributed by atoms with Crippen LogP contribution in [0.15, 0.2) is 0 Å². The van der Waals surface area contributed by atoms with Crippen LogP contribution in [0.1, 0.15) is 38.5 Å². The maximum Gasteiger partial charge on any atom is 0.241 e. The zero-order valence-corrected chi connectivity index (χ0v) is 9.59. The van der Waals surface area contributed by atoms with Crippen molar-refractivity contribution in [1.29, 1.82) is 0 Å². The van der Waals surface area contributed by atoms with Crippen molar-refractivity contribution >= 4 is 5.91 Å². The number of carbonyl (C=O) groups is 1. The summed E-state index contributed by atoms with van der Waals surface area (Å²) in [5.74, 6) is 0.445. The van der Waals surface area contributed by atoms with E-state index in [2.05, 4.69) is 5.32 Å². The summed E-state index contributed by atoms with van der Waals surface area (Å²) < 4.78 is 0. The van der Waals surface area contributed by atoms with Gasteiger partial charge in [0.05, 0.1) is 0 Å². The minimum atomic E-state index is -0.864. The fraction of sp³-hybridized carbons (Fsp3) is 0.909. The molecule has 1 amide bonds. The highest BCUT2D eigenvalue weighted by atomic mass is 16.2. The van der Waals surface area contributed by atoms with E-state index in [4.69, 9.17) is 11.5 Å². The van der Waals surface area contributed by atoms with Crippen LogP contribution >= 0.6 is 0 Å². The van der Waals surface area contributed by atoms with Crippen LogP contribution in [-0.4, -0.2) is 25.0 Å². The molecule has 0 spiro atoms. The molecule has 1 rings (SSSR count). The molecule has 5 N–H and O–H groups in total. The van der Waals surface area contributed by atoms with Gasteiger partial charge in [-0.3, -0.25) is 4.79 Å². The Morgan fingerprint density at radius 3 is 2.47 bits per heavy atom. The second kappa shape index (κ2) is 5.47. The number of nitrogens with one attached hydrogen (secondary N) is 1. The first kappa shape index (κ1) is 12.5. The van der Waals surface area contributed by atoms with Gasteiger partial charge in [-0.2, -0.15) is 0 Å². The van der Waals surface area contributed by atoms with E-state index in [1.54, 1.807) is 7.05 Å². The molecule has 1 fully saturated rings. The molecule has 0 aromatic heterocycles. The van der Waals surface area contributed by atoms with Crippen molar-refractivity contribution in [2.75, 3.05) is 13.6 Å². The second-order valence-electron chi connectivity index (χ2n) is 4.65. The van der Waals surface area contributed by atoms with Crippen LogP contribution < -0.4 is 16.8 Å². The summed E-state index contributed by atoms with van der Waals surface area (Å²) in [6, 6.07) is 0. The highest BCUT2D eigenvalue weighted by Gasteiger charge is 2.34. The van der Waals surface area contributed by atoms with Crippen molar-refractivity contribution < 1.29 is 4.79 Å². The molecule has 4 heteroatoms. The van der Waals surface area contributed by atoms with Crippen LogP contribution in [0.2, 0.25) is 0 Å². The summed E-state index contributed by atoms with van der Waals surface area (Å²) in [7, 11) is 1.61. The van der Waals surface area contributed by atoms with Crippen LogP contribution in [0.5, 0.6) is 0 Å². The van der Waals surface area contributed by atoms with Gasteiger partial charge in [-0.15, -0.1) is 0 Å². The Morgan fingerprint density at radius 2 is 2.00 bits per heavy atom. The van der Waals surface area contributed by atoms with Crippen molar-refractivity contribution in [3.63, 3.8) is 0 Å². The molecule has 15 heavy (non-hydrogen) atoms. The first-order valence-electron chi connectivity index (χ1n) is 5.83. The lowest BCUT2D eigenvalue weighted by atomic mass is 9.79. The smallest absolute Gasteiger partial charge is 0.241 e. The Labute approximate surface area is 91.8 Å². The highest BCUT2D eigenvalue weighted by molar-refractivity contribution is 5.86. The summed E-state index contributed by atoms with van der Waals surface area (Å²) in [5, 5.41) is 2.60. The minimum absolute atomic E-state index is 0.129. The van der Waals surface area contributed by atoms with E-state index in [9.17, 15) is 4.79 Å². The molecule has 0 radical (unpaired) electrons. The van der Waals surface area contributed by atoms with Gasteiger partial charge < -0.3 is 16.8 Å². The number of likely N-dealkylation sites (N-methyl/N-ethyl adjacent to an activating group) is 1. The molecule has 1 aliphatic rings. The molecule has 1 atom stereocenters. The molecule has 0 aromatic carbocycles. The first-order valence-corrected chi connectivity index (χ1v) is 5.83. The average molecular weight is 213 g/mol. The molecule has 0 heterocycles. The second-order valence-corrected chi connectivity index (χ2v) is 4.65. The third-order valence-electron chi connectivity index (χ3n) is 3.42. The topological polar surface area (TPSA) is 81.1 Å². The minimum Gasteiger partial charge on any atom is -0.358 e. The highest BCUT2D eigenvalue weighted by Crippen LogP contribution is 2.29. The summed E-state index contributed by atoms with van der Waals surface area (Å²) in [5.41, 5.74) is 10.8. The summed E-state index contributed by atoms with van der Waals surface area (Å²) >= 11 is 0. The van der Waals surface area contributed by atoms with Gasteiger partial charge in [0.25, 0.3) is 0 Å². The Hall–Kier alpha value is -0.610. The lowest BCUT2D eigenvalue weighted by Crippen LogP contribution is -2.59. The number of nitrogens with two attached hydrogens (primary N) is 2. The first-order chi connectivity index (χ1) is 7.12. The van der Waals surface area contributed by atoms with E-state index < -0.39 is 5.54 Å². The van der Waals surface area contributed by atoms with Crippen LogP contribution in [0, 0.1) is 5.92 Å². The van der Waals surface area contributed by atoms with Gasteiger partial charge in [-0.25, -0.2) is 0 Å². The predicted octanol–water partition coefficient (Wildman–Crippen LogP) is 0.359. The Bertz CT molecular complexity index is 214. The van der Waals surface area contributed by atoms with Crippen LogP contribution in [-0.2, 0) is 4.79 Å². The molecule has 0 saturated heterocycles. The fourth-order valence-corrected chi connectivity index (χ4v) is 2.42. The van der Waals surface area contributed by atoms with Crippen LogP contribution in [0.4, 0.5) is 0 Å². The van der Waals surface area contributed by atoms with Gasteiger partial charge in [0.1, 0.15) is 5.54 Å². The monoisotopic (exact) mass is 213 g/mol. The van der Waals surface area contributed by atoms with E-state index in [1.165, 1.54) is 32.1 Å². The summed E-state index contributed by atoms with van der Waals surface area (Å²) in [6.45, 7) is 0.225. The van der Waals surface area contributed by atoms with E-state index in [1.807, 2.05) is 0 Å². The quantitative estimate of drug-likeness (QED) is 0.630. The largest absolute Gasteiger partial charge is 0.358 e. The van der Waals surface area contributed by atoms with Gasteiger partial charge in [0, 0.05) is 13.6 Å². The molecule has 1 saturated carbocycles. The van der Waals surface area contributed by atoms with E-state index in [-0.39, 0.29) is 12.5 Å². The lowest BCUT2D eigenvalue weighted by molar-refractivity contribution is -0.126. The number of hydrogen-bond donors (Lipinski definition) is 3. The van der Waals surface area contributed by atoms with Crippen molar-refractivity contribution in [1.82, 2.24) is 5.32 Å². The zero-order chi connectivity index (χ0) is 11.3. The number of amides is 1. The van der Waals surface area contributed by atoms with Crippen molar-refractivity contribution in [2.45, 2.75) is 44.1 Å². The SMILES string of the molecule is CNC(=O)C(N)(CN)CC1CCCCC1. The molecule has 1 aliphatic carbocycles. The molecule has 0 bridgehead atoms. The Morgan fingerprint density at radius 1 is 1.40 bits per heavy atom. The third kappa shape index (κ3) is 3.18. The van der Waals surface area contributed by atoms with Crippen molar-refractivity contribution in [2.24, 2.45) is 17.4 Å². The molecule has 0 aromatic rings. The van der Waals surface area contributed by atoms with Crippen molar-refractivity contribution in [3.8, 4) is 0 Å². The van der Waals surface area contributed by atoms with Gasteiger partial charge >= 0.3 is 0 Å². The van der Waals surface area contributed by atoms with Gasteiger partial charge in [-0.05, 0) is 12.3 Å². The standard InChI is InChI=1S/C11H23N3O/c1-14-10(15)11(13,8-12)7-9-5-3-2-4-6-9/h9H,2-8,12-13H2,1H3,(H,14,15). The number of carbonyl (C=O) groups excluding carboxylic acids is 1. The van der Waals surface area contributed by atoms with E-state index in [0.29, 0.717) is 5.92 Å². The molecule has 4 nitrogen and oxygen atoms in total. The van der Waals surface area contributed by atoms with Gasteiger partial charge in [0.2, 0.25) is 5.91 Å². The molecule has 0 aliphatic heterocycles. The van der Waals surface area contributed by atoms with E-state index >= 15 is 0 Å². The summed E-state index contributed by atoms with van der Waals surface area (Å²) in [4.78, 5) is 11.6. The van der Waals surface area contributed by atoms with Crippen LogP contribution in [0.25, 0.3) is 0 Å². The van der Waals surface area contributed by atoms with Gasteiger partial charge in [-0.1, -0.05) is 32.1 Å². The lowest BCUT2D eigenvalue weighted by Gasteiger charge is -2.32. The molecular weight excluding hydrogens is 190 g/mol. The normalized spacial score (nSPS) is 22.1. The molecular formula is C11H23N3O. The van der Waals surface area contributed by atoms with Gasteiger partial charge in [0.15, 0.2) is 0 Å². The summed E-state index contributed by atoms with van der Waals surface area (Å²) in [6.07, 6.45) is 6.95. The number of rotatable bonds is 4. The maximum atomic E-state index is 11.6. The fourth-order valence-electron chi connectivity index (χ4n) is 2.42. The molecule has 88 valence electrons. The Kier molecular flexibility index (Phi) is 4.54. The van der Waals surface area contributed by atoms with Crippen LogP contribution in [0.3, 0.4) is 0 Å². The maximum absolute atomic E-state index is 11.6. The number of hydrogen-bond acceptors (Lipinski definition) is 3. The van der Waals surface area contributed by atoms with E-state index in [0.717, 1.165) is 6.42 Å². The Balaban J connectivity index is 2.54. The molecule has 1 unspecified atom stereocenters. The zero-order valence-electron chi connectivity index (χ0n) is 9.59. The average Bonchev–Trinajstić information content (AvgIpc) is 2.29.